The smallest absolute Gasteiger partial charge is 0.335 e. The molecular formula is C52H73Cl3N4O7. The number of phenolic OH excluding ortho intramolecular Hbond substituents is 1. The zero-order valence-corrected chi connectivity index (χ0v) is 41.2. The number of likely N-dealkylation sites (tertiary alicyclic amines) is 4. The highest BCUT2D eigenvalue weighted by Crippen LogP contribution is 2.16. The first kappa shape index (κ1) is 56.3. The maximum Gasteiger partial charge on any atom is 0.335 e. The average molecular weight is 973 g/mol. The number of carbonyl (C=O) groups excluding carboxylic acids is 1. The third kappa shape index (κ3) is 24.1. The van der Waals surface area contributed by atoms with Crippen molar-refractivity contribution in [2.45, 2.75) is 64.2 Å². The number of benzene rings is 4. The molecule has 4 aromatic rings. The Morgan fingerprint density at radius 2 is 0.894 bits per heavy atom. The standard InChI is InChI=1S/C13H18ClNO.C13H17NO3.C13H19NO.C7H6O2.C6H12ClN.ClH/c14-11-12-3-5-13(6-4-12)16-10-9-15-7-1-2-8-15;15-13(16)11-3-5-12(6-4-11)17-10-9-14-7-1-2-8-14;1-12-4-6-13(7-5-12)15-11-10-14-8-2-3-9-14;8-5-6-1-3-7(9)4-2-6;7-3-6-8-4-1-2-5-8;/h3-6H,1-2,7-11H2;3-6H,1-2,7-10H2,(H,15,16);4-7H,2-3,8-11H2,1H3;1-5,9H;1-6H2;1H. The molecule has 0 bridgehead atoms. The van der Waals surface area contributed by atoms with Crippen molar-refractivity contribution in [2.75, 3.05) is 104 Å². The Bertz CT molecular complexity index is 1830. The molecule has 0 unspecified atom stereocenters. The summed E-state index contributed by atoms with van der Waals surface area (Å²) >= 11 is 11.3. The lowest BCUT2D eigenvalue weighted by Crippen LogP contribution is -2.25. The van der Waals surface area contributed by atoms with Crippen molar-refractivity contribution < 1.29 is 34.0 Å². The van der Waals surface area contributed by atoms with Crippen LogP contribution in [0.25, 0.3) is 0 Å². The van der Waals surface area contributed by atoms with Gasteiger partial charge in [0.25, 0.3) is 0 Å². The van der Waals surface area contributed by atoms with Gasteiger partial charge >= 0.3 is 5.97 Å². The monoisotopic (exact) mass is 970 g/mol. The fourth-order valence-electron chi connectivity index (χ4n) is 7.58. The van der Waals surface area contributed by atoms with Crippen LogP contribution in [-0.2, 0) is 5.88 Å². The van der Waals surface area contributed by atoms with E-state index in [-0.39, 0.29) is 23.7 Å². The van der Waals surface area contributed by atoms with Crippen molar-refractivity contribution in [3.05, 3.63) is 119 Å². The van der Waals surface area contributed by atoms with E-state index in [1.807, 2.05) is 36.4 Å². The molecule has 4 aliphatic rings. The van der Waals surface area contributed by atoms with Crippen LogP contribution in [0.5, 0.6) is 23.0 Å². The summed E-state index contributed by atoms with van der Waals surface area (Å²) in [5.74, 6) is 3.28. The van der Waals surface area contributed by atoms with Gasteiger partial charge in [-0.15, -0.1) is 35.6 Å². The molecule has 0 spiro atoms. The lowest BCUT2D eigenvalue weighted by Gasteiger charge is -2.14. The minimum atomic E-state index is -0.909. The van der Waals surface area contributed by atoms with Gasteiger partial charge in [-0.1, -0.05) is 29.8 Å². The zero-order valence-electron chi connectivity index (χ0n) is 38.9. The lowest BCUT2D eigenvalue weighted by atomic mass is 10.2. The van der Waals surface area contributed by atoms with Crippen molar-refractivity contribution in [1.82, 2.24) is 19.6 Å². The number of phenols is 1. The van der Waals surface area contributed by atoms with E-state index in [4.69, 9.17) is 47.6 Å². The molecule has 0 aliphatic carbocycles. The van der Waals surface area contributed by atoms with Crippen LogP contribution in [0.1, 0.15) is 83.2 Å². The van der Waals surface area contributed by atoms with E-state index in [2.05, 4.69) is 38.7 Å². The number of ether oxygens (including phenoxy) is 3. The Hall–Kier alpha value is -4.07. The number of hydrogen-bond acceptors (Lipinski definition) is 10. The number of carboxylic acids is 1. The summed E-state index contributed by atoms with van der Waals surface area (Å²) < 4.78 is 16.9. The minimum absolute atomic E-state index is 0. The van der Waals surface area contributed by atoms with Crippen molar-refractivity contribution >= 4 is 47.9 Å². The van der Waals surface area contributed by atoms with Gasteiger partial charge in [0, 0.05) is 43.5 Å². The van der Waals surface area contributed by atoms with Crippen molar-refractivity contribution in [2.24, 2.45) is 0 Å². The summed E-state index contributed by atoms with van der Waals surface area (Å²) in [7, 11) is 0. The number of carboxylic acid groups (broad SMARTS) is 1. The maximum atomic E-state index is 10.7. The van der Waals surface area contributed by atoms with Gasteiger partial charge in [0.05, 0.1) is 5.56 Å². The fourth-order valence-corrected chi connectivity index (χ4v) is 8.00. The molecule has 4 aromatic carbocycles. The van der Waals surface area contributed by atoms with E-state index in [0.29, 0.717) is 18.1 Å². The van der Waals surface area contributed by atoms with E-state index in [1.165, 1.54) is 121 Å². The number of aldehydes is 1. The van der Waals surface area contributed by atoms with Gasteiger partial charge < -0.3 is 29.3 Å². The van der Waals surface area contributed by atoms with Crippen LogP contribution >= 0.6 is 35.6 Å². The summed E-state index contributed by atoms with van der Waals surface area (Å²) in [6, 6.07) is 28.9. The summed E-state index contributed by atoms with van der Waals surface area (Å²) in [5, 5.41) is 17.5. The fraction of sp³-hybridized carbons (Fsp3) is 0.500. The Morgan fingerprint density at radius 3 is 1.23 bits per heavy atom. The number of alkyl halides is 2. The number of aromatic hydroxyl groups is 1. The highest BCUT2D eigenvalue weighted by atomic mass is 35.5. The molecule has 14 heteroatoms. The third-order valence-corrected chi connectivity index (χ3v) is 11.9. The molecule has 4 fully saturated rings. The number of aromatic carboxylic acids is 1. The van der Waals surface area contributed by atoms with Crippen LogP contribution in [-0.4, -0.2) is 146 Å². The Labute approximate surface area is 410 Å². The quantitative estimate of drug-likeness (QED) is 0.0779. The van der Waals surface area contributed by atoms with Crippen molar-refractivity contribution in [3.8, 4) is 23.0 Å². The predicted molar refractivity (Wildman–Crippen MR) is 271 cm³/mol. The van der Waals surface area contributed by atoms with Crippen molar-refractivity contribution in [1.29, 1.82) is 0 Å². The lowest BCUT2D eigenvalue weighted by molar-refractivity contribution is 0.0696. The van der Waals surface area contributed by atoms with Gasteiger partial charge in [-0.2, -0.15) is 0 Å². The second kappa shape index (κ2) is 34.3. The second-order valence-corrected chi connectivity index (χ2v) is 17.2. The normalized spacial score (nSPS) is 15.9. The molecule has 0 saturated carbocycles. The van der Waals surface area contributed by atoms with E-state index in [9.17, 15) is 9.59 Å². The first-order chi connectivity index (χ1) is 31.7. The highest BCUT2D eigenvalue weighted by Gasteiger charge is 2.13. The first-order valence-corrected chi connectivity index (χ1v) is 24.4. The van der Waals surface area contributed by atoms with Gasteiger partial charge in [-0.05, 0) is 189 Å². The van der Waals surface area contributed by atoms with E-state index < -0.39 is 5.97 Å². The largest absolute Gasteiger partial charge is 0.508 e. The van der Waals surface area contributed by atoms with Crippen LogP contribution in [0, 0.1) is 6.92 Å². The number of hydrogen-bond donors (Lipinski definition) is 2. The topological polar surface area (TPSA) is 115 Å². The van der Waals surface area contributed by atoms with Crippen LogP contribution < -0.4 is 14.2 Å². The average Bonchev–Trinajstić information content (AvgIpc) is 4.20. The SMILES string of the molecule is Cc1ccc(OCCN2CCCC2)cc1.Cl.ClCCN1CCCC1.ClCc1ccc(OCCN2CCCC2)cc1.O=C(O)c1ccc(OCCN2CCCC2)cc1.O=Cc1ccc(O)cc1. The molecule has 364 valence electrons. The van der Waals surface area contributed by atoms with E-state index in [1.54, 1.807) is 36.4 Å². The summed E-state index contributed by atoms with van der Waals surface area (Å²) in [6.45, 7) is 18.3. The third-order valence-electron chi connectivity index (χ3n) is 11.5. The number of halogens is 3. The molecule has 0 amide bonds. The van der Waals surface area contributed by atoms with Gasteiger partial charge in [0.1, 0.15) is 49.1 Å². The summed E-state index contributed by atoms with van der Waals surface area (Å²) in [4.78, 5) is 30.4. The predicted octanol–water partition coefficient (Wildman–Crippen LogP) is 10.2. The molecule has 11 nitrogen and oxygen atoms in total. The zero-order chi connectivity index (χ0) is 46.3. The molecule has 8 rings (SSSR count). The van der Waals surface area contributed by atoms with Crippen LogP contribution in [0.4, 0.5) is 0 Å². The van der Waals surface area contributed by atoms with Gasteiger partial charge in [-0.3, -0.25) is 19.5 Å². The van der Waals surface area contributed by atoms with E-state index in [0.717, 1.165) is 74.4 Å². The van der Waals surface area contributed by atoms with Crippen LogP contribution in [0.3, 0.4) is 0 Å². The van der Waals surface area contributed by atoms with E-state index >= 15 is 0 Å². The molecule has 0 aromatic heterocycles. The molecule has 4 heterocycles. The van der Waals surface area contributed by atoms with Crippen molar-refractivity contribution in [3.63, 3.8) is 0 Å². The molecule has 4 saturated heterocycles. The van der Waals surface area contributed by atoms with Gasteiger partial charge in [0.2, 0.25) is 0 Å². The Balaban J connectivity index is 0.000000224. The molecule has 4 aliphatic heterocycles. The molecule has 0 radical (unpaired) electrons. The number of carbonyl (C=O) groups is 2. The Kier molecular flexibility index (Phi) is 29.2. The molecule has 2 N–H and O–H groups in total. The van der Waals surface area contributed by atoms with Gasteiger partial charge in [-0.25, -0.2) is 4.79 Å². The Morgan fingerprint density at radius 1 is 0.545 bits per heavy atom. The number of nitrogens with zero attached hydrogens (tertiary/aromatic N) is 4. The van der Waals surface area contributed by atoms with Crippen LogP contribution in [0.15, 0.2) is 97.1 Å². The maximum absolute atomic E-state index is 10.7. The molecule has 66 heavy (non-hydrogen) atoms. The first-order valence-electron chi connectivity index (χ1n) is 23.4. The minimum Gasteiger partial charge on any atom is -0.508 e. The summed E-state index contributed by atoms with van der Waals surface area (Å²) in [5.41, 5.74) is 3.28. The molecular weight excluding hydrogens is 899 g/mol. The molecule has 0 atom stereocenters. The second-order valence-electron chi connectivity index (χ2n) is 16.6. The number of rotatable bonds is 17. The number of aryl methyl sites for hydroxylation is 1. The van der Waals surface area contributed by atoms with Crippen LogP contribution in [0.2, 0.25) is 0 Å². The highest BCUT2D eigenvalue weighted by molar-refractivity contribution is 6.18. The summed E-state index contributed by atoms with van der Waals surface area (Å²) in [6.07, 6.45) is 11.4. The van der Waals surface area contributed by atoms with Gasteiger partial charge in [0.15, 0.2) is 0 Å².